The minimum Gasteiger partial charge on any atom is -0.481 e. The second-order valence-electron chi connectivity index (χ2n) is 6.31. The van der Waals surface area contributed by atoms with Gasteiger partial charge in [-0.2, -0.15) is 0 Å². The number of hydrogen-bond donors (Lipinski definition) is 2. The molecule has 2 unspecified atom stereocenters. The number of aliphatic carboxylic acids is 1. The van der Waals surface area contributed by atoms with Gasteiger partial charge in [0.05, 0.1) is 17.0 Å². The molecule has 136 valence electrons. The first kappa shape index (κ1) is 18.8. The molecule has 0 aliphatic heterocycles. The Morgan fingerprint density at radius 3 is 2.20 bits per heavy atom. The standard InChI is InChI=1S/C18H25N3O4/c1-4-10-20-14-7-5-6-8-15(14)21(18(20)25)11-9-16(22)19-13(3)12(2)17(23)24/h5-8,12-13H,4,9-11H2,1-3H3,(H,19,22)(H,23,24). The Bertz CT molecular complexity index is 821. The molecule has 2 aromatic rings. The van der Waals surface area contributed by atoms with Crippen LogP contribution in [0.3, 0.4) is 0 Å². The summed E-state index contributed by atoms with van der Waals surface area (Å²) in [4.78, 5) is 35.7. The van der Waals surface area contributed by atoms with Crippen LogP contribution >= 0.6 is 0 Å². The summed E-state index contributed by atoms with van der Waals surface area (Å²) >= 11 is 0. The number of carboxylic acid groups (broad SMARTS) is 1. The van der Waals surface area contributed by atoms with Gasteiger partial charge in [-0.1, -0.05) is 19.1 Å². The molecule has 0 saturated carbocycles. The van der Waals surface area contributed by atoms with Gasteiger partial charge in [-0.3, -0.25) is 18.7 Å². The highest BCUT2D eigenvalue weighted by atomic mass is 16.4. The zero-order valence-corrected chi connectivity index (χ0v) is 14.9. The summed E-state index contributed by atoms with van der Waals surface area (Å²) in [5.41, 5.74) is 1.55. The number of nitrogens with zero attached hydrogens (tertiary/aromatic N) is 2. The van der Waals surface area contributed by atoms with Gasteiger partial charge >= 0.3 is 11.7 Å². The molecular formula is C18H25N3O4. The number of amides is 1. The van der Waals surface area contributed by atoms with E-state index in [-0.39, 0.29) is 24.6 Å². The number of rotatable bonds is 8. The minimum atomic E-state index is -0.952. The van der Waals surface area contributed by atoms with Gasteiger partial charge in [-0.15, -0.1) is 0 Å². The molecule has 1 heterocycles. The molecule has 0 aliphatic rings. The smallest absolute Gasteiger partial charge is 0.329 e. The number of nitrogens with one attached hydrogen (secondary N) is 1. The third-order valence-corrected chi connectivity index (χ3v) is 4.46. The fourth-order valence-corrected chi connectivity index (χ4v) is 2.81. The molecule has 0 fully saturated rings. The number of carbonyl (C=O) groups excluding carboxylic acids is 1. The maximum Gasteiger partial charge on any atom is 0.329 e. The molecule has 0 aliphatic carbocycles. The van der Waals surface area contributed by atoms with Crippen molar-refractivity contribution in [1.29, 1.82) is 0 Å². The second kappa shape index (κ2) is 8.00. The van der Waals surface area contributed by atoms with Crippen molar-refractivity contribution in [1.82, 2.24) is 14.5 Å². The number of para-hydroxylation sites is 2. The molecule has 0 radical (unpaired) electrons. The molecule has 25 heavy (non-hydrogen) atoms. The molecule has 1 aromatic carbocycles. The van der Waals surface area contributed by atoms with Crippen LogP contribution in [0.15, 0.2) is 29.1 Å². The lowest BCUT2D eigenvalue weighted by Gasteiger charge is -2.17. The zero-order chi connectivity index (χ0) is 18.6. The Labute approximate surface area is 146 Å². The lowest BCUT2D eigenvalue weighted by atomic mass is 10.0. The van der Waals surface area contributed by atoms with Crippen LogP contribution in [0.25, 0.3) is 11.0 Å². The van der Waals surface area contributed by atoms with E-state index in [1.807, 2.05) is 31.2 Å². The van der Waals surface area contributed by atoms with E-state index >= 15 is 0 Å². The molecule has 2 atom stereocenters. The molecule has 1 aromatic heterocycles. The Morgan fingerprint density at radius 2 is 1.68 bits per heavy atom. The van der Waals surface area contributed by atoms with Crippen molar-refractivity contribution in [2.24, 2.45) is 5.92 Å². The number of hydrogen-bond acceptors (Lipinski definition) is 3. The maximum absolute atomic E-state index is 12.6. The highest BCUT2D eigenvalue weighted by molar-refractivity contribution is 5.79. The SMILES string of the molecule is CCCn1c(=O)n(CCC(=O)NC(C)C(C)C(=O)O)c2ccccc21. The molecule has 2 N–H and O–H groups in total. The molecule has 7 heteroatoms. The van der Waals surface area contributed by atoms with Crippen LogP contribution in [0, 0.1) is 5.92 Å². The average Bonchev–Trinajstić information content (AvgIpc) is 2.84. The van der Waals surface area contributed by atoms with Crippen LogP contribution in [-0.2, 0) is 22.7 Å². The Morgan fingerprint density at radius 1 is 1.12 bits per heavy atom. The van der Waals surface area contributed by atoms with E-state index in [1.54, 1.807) is 23.0 Å². The number of fused-ring (bicyclic) bond motifs is 1. The van der Waals surface area contributed by atoms with Crippen molar-refractivity contribution in [2.45, 2.75) is 52.7 Å². The summed E-state index contributed by atoms with van der Waals surface area (Å²) in [5.74, 6) is -1.88. The van der Waals surface area contributed by atoms with Crippen LogP contribution in [-0.4, -0.2) is 32.2 Å². The second-order valence-corrected chi connectivity index (χ2v) is 6.31. The van der Waals surface area contributed by atoms with E-state index in [9.17, 15) is 14.4 Å². The van der Waals surface area contributed by atoms with Crippen LogP contribution in [0.5, 0.6) is 0 Å². The topological polar surface area (TPSA) is 93.3 Å². The zero-order valence-electron chi connectivity index (χ0n) is 14.9. The van der Waals surface area contributed by atoms with Gasteiger partial charge in [0.25, 0.3) is 0 Å². The van der Waals surface area contributed by atoms with E-state index in [0.717, 1.165) is 17.5 Å². The minimum absolute atomic E-state index is 0.122. The van der Waals surface area contributed by atoms with Crippen LogP contribution < -0.4 is 11.0 Å². The average molecular weight is 347 g/mol. The lowest BCUT2D eigenvalue weighted by molar-refractivity contribution is -0.142. The van der Waals surface area contributed by atoms with Gasteiger partial charge in [0.1, 0.15) is 0 Å². The molecule has 0 spiro atoms. The van der Waals surface area contributed by atoms with Gasteiger partial charge in [-0.05, 0) is 32.4 Å². The van der Waals surface area contributed by atoms with Crippen molar-refractivity contribution in [2.75, 3.05) is 0 Å². The summed E-state index contributed by atoms with van der Waals surface area (Å²) in [6, 6.07) is 7.06. The maximum atomic E-state index is 12.6. The fraction of sp³-hybridized carbons (Fsp3) is 0.500. The van der Waals surface area contributed by atoms with Crippen LogP contribution in [0.4, 0.5) is 0 Å². The van der Waals surface area contributed by atoms with Crippen molar-refractivity contribution in [3.8, 4) is 0 Å². The molecule has 0 bridgehead atoms. The first-order chi connectivity index (χ1) is 11.9. The van der Waals surface area contributed by atoms with Gasteiger partial charge < -0.3 is 10.4 Å². The summed E-state index contributed by atoms with van der Waals surface area (Å²) in [5, 5.41) is 11.7. The Kier molecular flexibility index (Phi) is 6.01. The number of aryl methyl sites for hydroxylation is 2. The first-order valence-electron chi connectivity index (χ1n) is 8.57. The van der Waals surface area contributed by atoms with Crippen LogP contribution in [0.1, 0.15) is 33.6 Å². The van der Waals surface area contributed by atoms with E-state index in [0.29, 0.717) is 6.54 Å². The highest BCUT2D eigenvalue weighted by Crippen LogP contribution is 2.13. The third kappa shape index (κ3) is 4.10. The summed E-state index contributed by atoms with van der Waals surface area (Å²) in [7, 11) is 0. The van der Waals surface area contributed by atoms with Gasteiger partial charge in [0.15, 0.2) is 0 Å². The predicted molar refractivity (Wildman–Crippen MR) is 95.5 cm³/mol. The predicted octanol–water partition coefficient (Wildman–Crippen LogP) is 1.83. The van der Waals surface area contributed by atoms with E-state index < -0.39 is 17.9 Å². The largest absolute Gasteiger partial charge is 0.481 e. The van der Waals surface area contributed by atoms with Crippen molar-refractivity contribution in [3.63, 3.8) is 0 Å². The Hall–Kier alpha value is -2.57. The highest BCUT2D eigenvalue weighted by Gasteiger charge is 2.21. The van der Waals surface area contributed by atoms with Crippen LogP contribution in [0.2, 0.25) is 0 Å². The number of imidazole rings is 1. The van der Waals surface area contributed by atoms with Crippen molar-refractivity contribution >= 4 is 22.9 Å². The van der Waals surface area contributed by atoms with Gasteiger partial charge in [0.2, 0.25) is 5.91 Å². The normalized spacial score (nSPS) is 13.6. The molecule has 2 rings (SSSR count). The first-order valence-corrected chi connectivity index (χ1v) is 8.57. The fourth-order valence-electron chi connectivity index (χ4n) is 2.81. The number of carbonyl (C=O) groups is 2. The van der Waals surface area contributed by atoms with E-state index in [4.69, 9.17) is 5.11 Å². The summed E-state index contributed by atoms with van der Waals surface area (Å²) in [6.07, 6.45) is 0.968. The van der Waals surface area contributed by atoms with Crippen molar-refractivity contribution < 1.29 is 14.7 Å². The summed E-state index contributed by atoms with van der Waals surface area (Å²) in [6.45, 7) is 6.12. The summed E-state index contributed by atoms with van der Waals surface area (Å²) < 4.78 is 3.33. The number of carboxylic acids is 1. The lowest BCUT2D eigenvalue weighted by Crippen LogP contribution is -2.40. The third-order valence-electron chi connectivity index (χ3n) is 4.46. The van der Waals surface area contributed by atoms with Crippen molar-refractivity contribution in [3.05, 3.63) is 34.7 Å². The van der Waals surface area contributed by atoms with Gasteiger partial charge in [0, 0.05) is 25.6 Å². The van der Waals surface area contributed by atoms with E-state index in [1.165, 1.54) is 0 Å². The molecule has 7 nitrogen and oxygen atoms in total. The molecule has 0 saturated heterocycles. The van der Waals surface area contributed by atoms with Gasteiger partial charge in [-0.25, -0.2) is 4.79 Å². The molecule has 1 amide bonds. The molecular weight excluding hydrogens is 322 g/mol. The Balaban J connectivity index is 2.13. The van der Waals surface area contributed by atoms with E-state index in [2.05, 4.69) is 5.32 Å². The quantitative estimate of drug-likeness (QED) is 0.762. The number of benzene rings is 1. The monoisotopic (exact) mass is 347 g/mol. The number of aromatic nitrogens is 2.